The number of rotatable bonds is 6. The van der Waals surface area contributed by atoms with Gasteiger partial charge in [-0.1, -0.05) is 11.6 Å². The van der Waals surface area contributed by atoms with E-state index in [2.05, 4.69) is 15.6 Å². The number of non-ortho nitro benzene ring substituents is 1. The van der Waals surface area contributed by atoms with E-state index < -0.39 is 10.8 Å². The van der Waals surface area contributed by atoms with E-state index in [1.54, 1.807) is 18.3 Å². The number of aromatic nitrogens is 1. The number of nitrogens with one attached hydrogen (secondary N) is 2. The molecule has 124 valence electrons. The smallest absolute Gasteiger partial charge is 0.270 e. The highest BCUT2D eigenvalue weighted by atomic mass is 35.5. The van der Waals surface area contributed by atoms with Gasteiger partial charge in [-0.3, -0.25) is 24.7 Å². The molecule has 0 radical (unpaired) electrons. The van der Waals surface area contributed by atoms with E-state index in [-0.39, 0.29) is 35.3 Å². The minimum Gasteiger partial charge on any atom is -0.350 e. The molecule has 0 fully saturated rings. The van der Waals surface area contributed by atoms with Crippen molar-refractivity contribution in [2.24, 2.45) is 0 Å². The van der Waals surface area contributed by atoms with Crippen molar-refractivity contribution in [3.63, 3.8) is 0 Å². The van der Waals surface area contributed by atoms with Gasteiger partial charge >= 0.3 is 0 Å². The van der Waals surface area contributed by atoms with Crippen LogP contribution in [-0.4, -0.2) is 34.8 Å². The molecular formula is C15H13ClN4O4. The average Bonchev–Trinajstić information content (AvgIpc) is 2.59. The molecule has 1 aromatic heterocycles. The maximum absolute atomic E-state index is 12.0. The number of hydrogen-bond donors (Lipinski definition) is 2. The van der Waals surface area contributed by atoms with Gasteiger partial charge in [-0.05, 0) is 18.2 Å². The highest BCUT2D eigenvalue weighted by Crippen LogP contribution is 2.21. The largest absolute Gasteiger partial charge is 0.350 e. The van der Waals surface area contributed by atoms with Crippen molar-refractivity contribution in [2.75, 3.05) is 13.1 Å². The first-order chi connectivity index (χ1) is 11.5. The van der Waals surface area contributed by atoms with Gasteiger partial charge in [0.25, 0.3) is 17.5 Å². The van der Waals surface area contributed by atoms with E-state index in [1.165, 1.54) is 18.3 Å². The number of nitro groups is 1. The zero-order valence-electron chi connectivity index (χ0n) is 12.4. The second-order valence-corrected chi connectivity index (χ2v) is 5.08. The third kappa shape index (κ3) is 4.50. The second kappa shape index (κ2) is 8.02. The molecular weight excluding hydrogens is 336 g/mol. The maximum atomic E-state index is 12.0. The van der Waals surface area contributed by atoms with Crippen LogP contribution in [0.5, 0.6) is 0 Å². The van der Waals surface area contributed by atoms with Crippen molar-refractivity contribution in [1.29, 1.82) is 0 Å². The summed E-state index contributed by atoms with van der Waals surface area (Å²) in [4.78, 5) is 37.7. The van der Waals surface area contributed by atoms with Crippen LogP contribution in [0.1, 0.15) is 20.7 Å². The van der Waals surface area contributed by atoms with Gasteiger partial charge in [-0.25, -0.2) is 0 Å². The van der Waals surface area contributed by atoms with E-state index in [0.29, 0.717) is 5.56 Å². The fraction of sp³-hybridized carbons (Fsp3) is 0.133. The molecule has 0 unspecified atom stereocenters. The highest BCUT2D eigenvalue weighted by molar-refractivity contribution is 6.33. The van der Waals surface area contributed by atoms with Gasteiger partial charge in [0.2, 0.25) is 0 Å². The molecule has 0 aliphatic rings. The number of benzene rings is 1. The second-order valence-electron chi connectivity index (χ2n) is 4.67. The van der Waals surface area contributed by atoms with Gasteiger partial charge < -0.3 is 10.6 Å². The molecule has 0 saturated heterocycles. The average molecular weight is 349 g/mol. The third-order valence-corrected chi connectivity index (χ3v) is 3.35. The van der Waals surface area contributed by atoms with Crippen LogP contribution in [0.4, 0.5) is 5.69 Å². The van der Waals surface area contributed by atoms with Gasteiger partial charge in [-0.2, -0.15) is 0 Å². The predicted molar refractivity (Wildman–Crippen MR) is 87.0 cm³/mol. The molecule has 2 amide bonds. The third-order valence-electron chi connectivity index (χ3n) is 3.03. The molecule has 1 aromatic carbocycles. The Hall–Kier alpha value is -3.00. The normalized spacial score (nSPS) is 10.0. The van der Waals surface area contributed by atoms with Crippen LogP contribution in [0.25, 0.3) is 0 Å². The Labute approximate surface area is 142 Å². The van der Waals surface area contributed by atoms with Crippen molar-refractivity contribution in [3.05, 3.63) is 69.0 Å². The monoisotopic (exact) mass is 348 g/mol. The number of pyridine rings is 1. The zero-order valence-corrected chi connectivity index (χ0v) is 13.1. The standard InChI is InChI=1S/C15H13ClN4O4/c16-13-4-3-11(20(23)24)8-12(13)15(22)19-7-6-18-14(21)10-2-1-5-17-9-10/h1-5,8-9H,6-7H2,(H,18,21)(H,19,22). The first kappa shape index (κ1) is 17.4. The number of nitro benzene ring substituents is 1. The summed E-state index contributed by atoms with van der Waals surface area (Å²) in [7, 11) is 0. The summed E-state index contributed by atoms with van der Waals surface area (Å²) in [5, 5.41) is 16.0. The molecule has 0 aliphatic heterocycles. The number of nitrogens with zero attached hydrogens (tertiary/aromatic N) is 2. The quantitative estimate of drug-likeness (QED) is 0.469. The van der Waals surface area contributed by atoms with Crippen molar-refractivity contribution in [1.82, 2.24) is 15.6 Å². The lowest BCUT2D eigenvalue weighted by Gasteiger charge is -2.08. The summed E-state index contributed by atoms with van der Waals surface area (Å²) >= 11 is 5.88. The van der Waals surface area contributed by atoms with Gasteiger partial charge in [0.15, 0.2) is 0 Å². The van der Waals surface area contributed by atoms with Crippen LogP contribution in [0, 0.1) is 10.1 Å². The van der Waals surface area contributed by atoms with E-state index in [0.717, 1.165) is 6.07 Å². The predicted octanol–water partition coefficient (Wildman–Crippen LogP) is 1.80. The highest BCUT2D eigenvalue weighted by Gasteiger charge is 2.15. The van der Waals surface area contributed by atoms with Crippen molar-refractivity contribution in [2.45, 2.75) is 0 Å². The van der Waals surface area contributed by atoms with Gasteiger partial charge in [-0.15, -0.1) is 0 Å². The van der Waals surface area contributed by atoms with Crippen molar-refractivity contribution >= 4 is 29.1 Å². The summed E-state index contributed by atoms with van der Waals surface area (Å²) in [5.41, 5.74) is 0.185. The zero-order chi connectivity index (χ0) is 17.5. The molecule has 0 saturated carbocycles. The van der Waals surface area contributed by atoms with Crippen LogP contribution >= 0.6 is 11.6 Å². The van der Waals surface area contributed by atoms with Crippen LogP contribution in [0.2, 0.25) is 5.02 Å². The minimum absolute atomic E-state index is 0.00412. The number of carbonyl (C=O) groups is 2. The van der Waals surface area contributed by atoms with Gasteiger partial charge in [0, 0.05) is 37.6 Å². The Bertz CT molecular complexity index is 767. The minimum atomic E-state index is -0.610. The number of amides is 2. The van der Waals surface area contributed by atoms with Gasteiger partial charge in [0.1, 0.15) is 0 Å². The van der Waals surface area contributed by atoms with Crippen LogP contribution < -0.4 is 10.6 Å². The van der Waals surface area contributed by atoms with E-state index in [1.807, 2.05) is 0 Å². The van der Waals surface area contributed by atoms with E-state index >= 15 is 0 Å². The SMILES string of the molecule is O=C(NCCNC(=O)c1cc([N+](=O)[O-])ccc1Cl)c1cccnc1. The Morgan fingerprint density at radius 3 is 2.50 bits per heavy atom. The van der Waals surface area contributed by atoms with E-state index in [9.17, 15) is 19.7 Å². The molecule has 0 spiro atoms. The summed E-state index contributed by atoms with van der Waals surface area (Å²) < 4.78 is 0. The Morgan fingerprint density at radius 1 is 1.17 bits per heavy atom. The maximum Gasteiger partial charge on any atom is 0.270 e. The lowest BCUT2D eigenvalue weighted by Crippen LogP contribution is -2.34. The molecule has 8 nitrogen and oxygen atoms in total. The lowest BCUT2D eigenvalue weighted by molar-refractivity contribution is -0.384. The summed E-state index contributed by atoms with van der Waals surface area (Å²) in [6.45, 7) is 0.329. The van der Waals surface area contributed by atoms with Gasteiger partial charge in [0.05, 0.1) is 21.1 Å². The molecule has 2 rings (SSSR count). The Balaban J connectivity index is 1.86. The first-order valence-electron chi connectivity index (χ1n) is 6.89. The number of hydrogen-bond acceptors (Lipinski definition) is 5. The molecule has 0 bridgehead atoms. The number of halogens is 1. The molecule has 2 aromatic rings. The van der Waals surface area contributed by atoms with Crippen molar-refractivity contribution < 1.29 is 14.5 Å². The molecule has 2 N–H and O–H groups in total. The Morgan fingerprint density at radius 2 is 1.88 bits per heavy atom. The van der Waals surface area contributed by atoms with Crippen LogP contribution in [-0.2, 0) is 0 Å². The molecule has 9 heteroatoms. The molecule has 0 aliphatic carbocycles. The fourth-order valence-corrected chi connectivity index (χ4v) is 2.05. The summed E-state index contributed by atoms with van der Waals surface area (Å²) in [5.74, 6) is -0.870. The molecule has 1 heterocycles. The lowest BCUT2D eigenvalue weighted by atomic mass is 10.2. The van der Waals surface area contributed by atoms with E-state index in [4.69, 9.17) is 11.6 Å². The first-order valence-corrected chi connectivity index (χ1v) is 7.27. The van der Waals surface area contributed by atoms with Crippen LogP contribution in [0.3, 0.4) is 0 Å². The Kier molecular flexibility index (Phi) is 5.80. The van der Waals surface area contributed by atoms with Crippen LogP contribution in [0.15, 0.2) is 42.7 Å². The molecule has 0 atom stereocenters. The summed E-state index contributed by atoms with van der Waals surface area (Å²) in [6, 6.07) is 6.86. The topological polar surface area (TPSA) is 114 Å². The molecule has 24 heavy (non-hydrogen) atoms. The summed E-state index contributed by atoms with van der Waals surface area (Å²) in [6.07, 6.45) is 2.98. The fourth-order valence-electron chi connectivity index (χ4n) is 1.85. The van der Waals surface area contributed by atoms with Crippen molar-refractivity contribution in [3.8, 4) is 0 Å². The number of carbonyl (C=O) groups excluding carboxylic acids is 2.